The van der Waals surface area contributed by atoms with Crippen LogP contribution in [0.25, 0.3) is 0 Å². The fourth-order valence-corrected chi connectivity index (χ4v) is 1.22. The average molecular weight is 368 g/mol. The van der Waals surface area contributed by atoms with Crippen LogP contribution in [-0.2, 0) is 0 Å². The summed E-state index contributed by atoms with van der Waals surface area (Å²) in [5.41, 5.74) is 1.68. The highest BCUT2D eigenvalue weighted by molar-refractivity contribution is 5.91. The molecule has 0 spiro atoms. The number of rotatable bonds is 5. The van der Waals surface area contributed by atoms with E-state index >= 15 is 0 Å². The minimum Gasteiger partial charge on any atom is -0.276 e. The molecular formula is C12H6F10N2. The quantitative estimate of drug-likeness (QED) is 0.422. The van der Waals surface area contributed by atoms with Crippen molar-refractivity contribution in [3.05, 3.63) is 42.0 Å². The summed E-state index contributed by atoms with van der Waals surface area (Å²) in [6, 6.07) is 6.69. The van der Waals surface area contributed by atoms with Gasteiger partial charge in [0.1, 0.15) is 0 Å². The Bertz CT molecular complexity index is 633. The molecule has 0 saturated heterocycles. The minimum absolute atomic E-state index is 0.0340. The van der Waals surface area contributed by atoms with Gasteiger partial charge in [0.05, 0.1) is 5.69 Å². The summed E-state index contributed by atoms with van der Waals surface area (Å²) in [7, 11) is 0. The van der Waals surface area contributed by atoms with Crippen LogP contribution >= 0.6 is 0 Å². The third-order valence-corrected chi connectivity index (χ3v) is 2.46. The van der Waals surface area contributed by atoms with E-state index in [4.69, 9.17) is 0 Å². The molecule has 1 rings (SSSR count). The molecule has 0 amide bonds. The van der Waals surface area contributed by atoms with E-state index in [-0.39, 0.29) is 5.69 Å². The molecule has 1 aromatic rings. The second kappa shape index (κ2) is 6.69. The fraction of sp³-hybridized carbons (Fsp3) is 0.250. The zero-order valence-corrected chi connectivity index (χ0v) is 11.1. The second-order valence-electron chi connectivity index (χ2n) is 4.15. The Balaban J connectivity index is 3.14. The Morgan fingerprint density at radius 1 is 0.833 bits per heavy atom. The normalized spacial score (nSPS) is 15.2. The molecule has 0 saturated carbocycles. The van der Waals surface area contributed by atoms with Gasteiger partial charge in [-0.25, -0.2) is 4.39 Å². The zero-order chi connectivity index (χ0) is 18.8. The maximum absolute atomic E-state index is 13.1. The molecule has 0 radical (unpaired) electrons. The van der Waals surface area contributed by atoms with Gasteiger partial charge in [0.2, 0.25) is 11.7 Å². The van der Waals surface area contributed by atoms with Crippen LogP contribution in [0.3, 0.4) is 0 Å². The van der Waals surface area contributed by atoms with Crippen molar-refractivity contribution in [1.82, 2.24) is 0 Å². The monoisotopic (exact) mass is 368 g/mol. The number of anilines is 1. The van der Waals surface area contributed by atoms with Crippen molar-refractivity contribution in [3.63, 3.8) is 0 Å². The third kappa shape index (κ3) is 3.79. The molecule has 0 aliphatic heterocycles. The molecule has 12 heteroatoms. The average Bonchev–Trinajstić information content (AvgIpc) is 2.50. The van der Waals surface area contributed by atoms with Crippen LogP contribution < -0.4 is 5.43 Å². The highest BCUT2D eigenvalue weighted by Gasteiger charge is 2.75. The van der Waals surface area contributed by atoms with Crippen LogP contribution in [0.15, 0.2) is 47.1 Å². The van der Waals surface area contributed by atoms with Crippen LogP contribution in [0.5, 0.6) is 0 Å². The number of nitrogens with zero attached hydrogens (tertiary/aromatic N) is 1. The first kappa shape index (κ1) is 19.8. The van der Waals surface area contributed by atoms with Gasteiger partial charge >= 0.3 is 18.0 Å². The standard InChI is InChI=1S/C12H6F10N2/c13-7(9(15)24-23-6-4-2-1-3-5-6)8(14)10(16,17)11(18,19)12(20,21)22/h1-5,23H/b8-7+,24-9+. The number of benzene rings is 1. The number of hydrogen-bond donors (Lipinski definition) is 1. The molecule has 1 aromatic carbocycles. The van der Waals surface area contributed by atoms with E-state index in [1.54, 1.807) is 5.43 Å². The molecule has 0 aromatic heterocycles. The van der Waals surface area contributed by atoms with Gasteiger partial charge in [0.25, 0.3) is 5.97 Å². The largest absolute Gasteiger partial charge is 0.460 e. The van der Waals surface area contributed by atoms with E-state index in [9.17, 15) is 43.9 Å². The number of para-hydroxylation sites is 1. The third-order valence-electron chi connectivity index (χ3n) is 2.46. The van der Waals surface area contributed by atoms with Crippen molar-refractivity contribution in [3.8, 4) is 0 Å². The Morgan fingerprint density at radius 3 is 1.79 bits per heavy atom. The number of alkyl halides is 7. The zero-order valence-electron chi connectivity index (χ0n) is 11.1. The molecule has 0 fully saturated rings. The van der Waals surface area contributed by atoms with Crippen LogP contribution in [-0.4, -0.2) is 24.0 Å². The first-order chi connectivity index (χ1) is 10.8. The molecule has 0 aliphatic rings. The van der Waals surface area contributed by atoms with Gasteiger partial charge in [-0.05, 0) is 12.1 Å². The molecule has 24 heavy (non-hydrogen) atoms. The number of hydrogen-bond acceptors (Lipinski definition) is 2. The van der Waals surface area contributed by atoms with Crippen LogP contribution in [0.1, 0.15) is 0 Å². The molecule has 0 heterocycles. The molecule has 0 atom stereocenters. The minimum atomic E-state index is -6.96. The lowest BCUT2D eigenvalue weighted by Crippen LogP contribution is -2.52. The predicted molar refractivity (Wildman–Crippen MR) is 63.8 cm³/mol. The van der Waals surface area contributed by atoms with E-state index < -0.39 is 35.6 Å². The summed E-state index contributed by atoms with van der Waals surface area (Å²) in [4.78, 5) is 0. The van der Waals surface area contributed by atoms with E-state index in [1.165, 1.54) is 30.3 Å². The fourth-order valence-electron chi connectivity index (χ4n) is 1.22. The van der Waals surface area contributed by atoms with Gasteiger partial charge in [-0.1, -0.05) is 18.2 Å². The number of nitrogens with one attached hydrogen (secondary N) is 1. The van der Waals surface area contributed by atoms with Gasteiger partial charge in [-0.3, -0.25) is 5.43 Å². The van der Waals surface area contributed by atoms with Gasteiger partial charge in [-0.2, -0.15) is 39.5 Å². The molecule has 134 valence electrons. The van der Waals surface area contributed by atoms with Gasteiger partial charge < -0.3 is 0 Å². The molecule has 1 N–H and O–H groups in total. The van der Waals surface area contributed by atoms with E-state index in [1.807, 2.05) is 0 Å². The van der Waals surface area contributed by atoms with Crippen molar-refractivity contribution in [1.29, 1.82) is 0 Å². The first-order valence-corrected chi connectivity index (χ1v) is 5.75. The van der Waals surface area contributed by atoms with Crippen LogP contribution in [0.2, 0.25) is 0 Å². The number of halogens is 10. The summed E-state index contributed by atoms with van der Waals surface area (Å²) in [6.45, 7) is 0. The first-order valence-electron chi connectivity index (χ1n) is 5.75. The second-order valence-corrected chi connectivity index (χ2v) is 4.15. The Hall–Kier alpha value is -2.27. The van der Waals surface area contributed by atoms with E-state index in [0.717, 1.165) is 0 Å². The van der Waals surface area contributed by atoms with Crippen LogP contribution in [0.4, 0.5) is 49.6 Å². The molecule has 0 bridgehead atoms. The highest BCUT2D eigenvalue weighted by Crippen LogP contribution is 2.50. The van der Waals surface area contributed by atoms with Crippen molar-refractivity contribution >= 4 is 11.7 Å². The summed E-state index contributed by atoms with van der Waals surface area (Å²) in [5.74, 6) is -23.6. The predicted octanol–water partition coefficient (Wildman–Crippen LogP) is 5.37. The highest BCUT2D eigenvalue weighted by atomic mass is 19.4. The molecule has 0 aliphatic carbocycles. The van der Waals surface area contributed by atoms with Gasteiger partial charge in [0.15, 0.2) is 0 Å². The Morgan fingerprint density at radius 2 is 1.33 bits per heavy atom. The number of hydrazone groups is 1. The summed E-state index contributed by atoms with van der Waals surface area (Å²) in [5, 5.41) is 2.44. The van der Waals surface area contributed by atoms with Crippen molar-refractivity contribution in [2.45, 2.75) is 18.0 Å². The molecular weight excluding hydrogens is 362 g/mol. The van der Waals surface area contributed by atoms with Crippen molar-refractivity contribution in [2.24, 2.45) is 5.10 Å². The molecule has 0 unspecified atom stereocenters. The SMILES string of the molecule is FC(=N/Nc1ccccc1)/C(F)=C(\F)C(F)(F)C(F)(F)C(F)(F)F. The van der Waals surface area contributed by atoms with E-state index in [0.29, 0.717) is 0 Å². The summed E-state index contributed by atoms with van der Waals surface area (Å²) in [6.07, 6.45) is -6.90. The maximum atomic E-state index is 13.1. The lowest BCUT2D eigenvalue weighted by molar-refractivity contribution is -0.348. The maximum Gasteiger partial charge on any atom is 0.460 e. The lowest BCUT2D eigenvalue weighted by Gasteiger charge is -2.26. The number of allylic oxidation sites excluding steroid dienone is 2. The molecule has 2 nitrogen and oxygen atoms in total. The van der Waals surface area contributed by atoms with Gasteiger partial charge in [0, 0.05) is 0 Å². The Kier molecular flexibility index (Phi) is 5.51. The summed E-state index contributed by atoms with van der Waals surface area (Å²) < 4.78 is 126. The topological polar surface area (TPSA) is 24.4 Å². The Labute approximate surface area is 127 Å². The van der Waals surface area contributed by atoms with Crippen molar-refractivity contribution < 1.29 is 43.9 Å². The lowest BCUT2D eigenvalue weighted by atomic mass is 10.1. The van der Waals surface area contributed by atoms with Crippen LogP contribution in [0, 0.1) is 0 Å². The van der Waals surface area contributed by atoms with Crippen molar-refractivity contribution in [2.75, 3.05) is 5.43 Å². The smallest absolute Gasteiger partial charge is 0.276 e. The van der Waals surface area contributed by atoms with E-state index in [2.05, 4.69) is 5.10 Å². The summed E-state index contributed by atoms with van der Waals surface area (Å²) >= 11 is 0. The van der Waals surface area contributed by atoms with Gasteiger partial charge in [-0.15, -0.1) is 5.10 Å².